The van der Waals surface area contributed by atoms with E-state index in [2.05, 4.69) is 0 Å². The molecule has 1 atom stereocenters. The molecule has 1 heterocycles. The predicted molar refractivity (Wildman–Crippen MR) is 55.6 cm³/mol. The molecule has 0 aliphatic carbocycles. The second kappa shape index (κ2) is 5.00. The summed E-state index contributed by atoms with van der Waals surface area (Å²) in [5, 5.41) is 8.77. The van der Waals surface area contributed by atoms with Gasteiger partial charge in [-0.25, -0.2) is 4.79 Å². The number of hydrogen-bond donors (Lipinski definition) is 1. The fourth-order valence-corrected chi connectivity index (χ4v) is 1.46. The lowest BCUT2D eigenvalue weighted by molar-refractivity contribution is -0.141. The molecule has 1 aliphatic rings. The minimum absolute atomic E-state index is 0.0307. The maximum Gasteiger partial charge on any atom is 0.320 e. The number of rotatable bonds is 4. The van der Waals surface area contributed by atoms with E-state index in [-0.39, 0.29) is 6.03 Å². The van der Waals surface area contributed by atoms with Crippen molar-refractivity contribution in [2.45, 2.75) is 20.3 Å². The lowest BCUT2D eigenvalue weighted by atomic mass is 10.1. The van der Waals surface area contributed by atoms with Crippen molar-refractivity contribution in [1.82, 2.24) is 9.80 Å². The summed E-state index contributed by atoms with van der Waals surface area (Å²) in [5.74, 6) is -1.36. The standard InChI is InChI=1S/C10H18N2O3/c1-3-11(7-8(2)9(13)14)10(15)12-5-4-6-12/h8H,3-7H2,1-2H3,(H,13,14). The molecule has 5 nitrogen and oxygen atoms in total. The van der Waals surface area contributed by atoms with Crippen LogP contribution in [0.25, 0.3) is 0 Å². The Morgan fingerprint density at radius 2 is 2.07 bits per heavy atom. The molecule has 0 spiro atoms. The summed E-state index contributed by atoms with van der Waals surface area (Å²) < 4.78 is 0. The summed E-state index contributed by atoms with van der Waals surface area (Å²) >= 11 is 0. The summed E-state index contributed by atoms with van der Waals surface area (Å²) in [4.78, 5) is 25.8. The van der Waals surface area contributed by atoms with Crippen LogP contribution in [0, 0.1) is 5.92 Å². The average molecular weight is 214 g/mol. The molecule has 1 saturated heterocycles. The van der Waals surface area contributed by atoms with E-state index < -0.39 is 11.9 Å². The second-order valence-electron chi connectivity index (χ2n) is 3.90. The first-order chi connectivity index (χ1) is 7.06. The van der Waals surface area contributed by atoms with Crippen molar-refractivity contribution < 1.29 is 14.7 Å². The van der Waals surface area contributed by atoms with Gasteiger partial charge in [0.05, 0.1) is 5.92 Å². The molecule has 1 fully saturated rings. The fourth-order valence-electron chi connectivity index (χ4n) is 1.46. The summed E-state index contributed by atoms with van der Waals surface area (Å²) in [7, 11) is 0. The molecule has 5 heteroatoms. The molecule has 1 unspecified atom stereocenters. The highest BCUT2D eigenvalue weighted by Gasteiger charge is 2.26. The molecule has 1 rings (SSSR count). The molecule has 2 amide bonds. The third kappa shape index (κ3) is 2.84. The Hall–Kier alpha value is -1.26. The number of amides is 2. The first-order valence-electron chi connectivity index (χ1n) is 5.33. The zero-order chi connectivity index (χ0) is 11.4. The van der Waals surface area contributed by atoms with Crippen LogP contribution in [-0.4, -0.2) is 53.1 Å². The van der Waals surface area contributed by atoms with E-state index in [0.29, 0.717) is 13.1 Å². The van der Waals surface area contributed by atoms with Crippen molar-refractivity contribution in [3.8, 4) is 0 Å². The summed E-state index contributed by atoms with van der Waals surface area (Å²) in [6, 6.07) is -0.0307. The number of urea groups is 1. The number of carboxylic acids is 1. The number of carboxylic acid groups (broad SMARTS) is 1. The molecule has 0 saturated carbocycles. The molecular formula is C10H18N2O3. The predicted octanol–water partition coefficient (Wildman–Crippen LogP) is 0.855. The highest BCUT2D eigenvalue weighted by atomic mass is 16.4. The highest BCUT2D eigenvalue weighted by molar-refractivity contribution is 5.76. The molecule has 0 aromatic rings. The van der Waals surface area contributed by atoms with E-state index in [4.69, 9.17) is 5.11 Å². The normalized spacial score (nSPS) is 16.8. The van der Waals surface area contributed by atoms with Gasteiger partial charge >= 0.3 is 12.0 Å². The topological polar surface area (TPSA) is 60.9 Å². The van der Waals surface area contributed by atoms with Crippen LogP contribution in [0.3, 0.4) is 0 Å². The molecular weight excluding hydrogens is 196 g/mol. The minimum Gasteiger partial charge on any atom is -0.481 e. The number of likely N-dealkylation sites (tertiary alicyclic amines) is 1. The number of carbonyl (C=O) groups is 2. The van der Waals surface area contributed by atoms with Crippen LogP contribution in [0.5, 0.6) is 0 Å². The third-order valence-corrected chi connectivity index (χ3v) is 2.69. The Morgan fingerprint density at radius 3 is 2.40 bits per heavy atom. The van der Waals surface area contributed by atoms with Gasteiger partial charge in [0, 0.05) is 26.2 Å². The van der Waals surface area contributed by atoms with Gasteiger partial charge in [-0.05, 0) is 13.3 Å². The van der Waals surface area contributed by atoms with Crippen LogP contribution >= 0.6 is 0 Å². The van der Waals surface area contributed by atoms with Gasteiger partial charge in [0.1, 0.15) is 0 Å². The van der Waals surface area contributed by atoms with Crippen LogP contribution in [0.1, 0.15) is 20.3 Å². The van der Waals surface area contributed by atoms with E-state index in [1.807, 2.05) is 6.92 Å². The monoisotopic (exact) mass is 214 g/mol. The molecule has 86 valence electrons. The maximum atomic E-state index is 11.8. The average Bonchev–Trinajstić information content (AvgIpc) is 2.10. The molecule has 1 N–H and O–H groups in total. The van der Waals surface area contributed by atoms with Gasteiger partial charge in [-0.3, -0.25) is 4.79 Å². The lowest BCUT2D eigenvalue weighted by Gasteiger charge is -2.36. The van der Waals surface area contributed by atoms with Gasteiger partial charge in [0.25, 0.3) is 0 Å². The van der Waals surface area contributed by atoms with Crippen molar-refractivity contribution in [3.63, 3.8) is 0 Å². The van der Waals surface area contributed by atoms with Crippen LogP contribution in [0.4, 0.5) is 4.79 Å². The van der Waals surface area contributed by atoms with Crippen molar-refractivity contribution in [2.75, 3.05) is 26.2 Å². The van der Waals surface area contributed by atoms with Crippen LogP contribution in [0.2, 0.25) is 0 Å². The Kier molecular flexibility index (Phi) is 3.94. The Labute approximate surface area is 89.7 Å². The molecule has 0 aromatic heterocycles. The maximum absolute atomic E-state index is 11.8. The summed E-state index contributed by atoms with van der Waals surface area (Å²) in [6.45, 7) is 5.95. The number of hydrogen-bond acceptors (Lipinski definition) is 2. The third-order valence-electron chi connectivity index (χ3n) is 2.69. The van der Waals surface area contributed by atoms with Crippen molar-refractivity contribution in [2.24, 2.45) is 5.92 Å². The van der Waals surface area contributed by atoms with Crippen LogP contribution < -0.4 is 0 Å². The van der Waals surface area contributed by atoms with E-state index in [9.17, 15) is 9.59 Å². The van der Waals surface area contributed by atoms with Gasteiger partial charge in [-0.1, -0.05) is 6.92 Å². The molecule has 1 aliphatic heterocycles. The van der Waals surface area contributed by atoms with Gasteiger partial charge < -0.3 is 14.9 Å². The second-order valence-corrected chi connectivity index (χ2v) is 3.90. The Morgan fingerprint density at radius 1 is 1.47 bits per heavy atom. The van der Waals surface area contributed by atoms with Crippen LogP contribution in [-0.2, 0) is 4.79 Å². The summed E-state index contributed by atoms with van der Waals surface area (Å²) in [6.07, 6.45) is 1.05. The molecule has 0 bridgehead atoms. The first kappa shape index (κ1) is 11.8. The van der Waals surface area contributed by atoms with Gasteiger partial charge in [0.15, 0.2) is 0 Å². The fraction of sp³-hybridized carbons (Fsp3) is 0.800. The highest BCUT2D eigenvalue weighted by Crippen LogP contribution is 2.11. The number of aliphatic carboxylic acids is 1. The molecule has 0 aromatic carbocycles. The molecule has 15 heavy (non-hydrogen) atoms. The lowest BCUT2D eigenvalue weighted by Crippen LogP contribution is -2.51. The molecule has 0 radical (unpaired) electrons. The number of nitrogens with zero attached hydrogens (tertiary/aromatic N) is 2. The van der Waals surface area contributed by atoms with Gasteiger partial charge in [0.2, 0.25) is 0 Å². The first-order valence-corrected chi connectivity index (χ1v) is 5.33. The van der Waals surface area contributed by atoms with E-state index in [0.717, 1.165) is 19.5 Å². The van der Waals surface area contributed by atoms with E-state index in [1.54, 1.807) is 16.7 Å². The van der Waals surface area contributed by atoms with Crippen molar-refractivity contribution in [1.29, 1.82) is 0 Å². The SMILES string of the molecule is CCN(CC(C)C(=O)O)C(=O)N1CCC1. The number of carbonyl (C=O) groups excluding carboxylic acids is 1. The largest absolute Gasteiger partial charge is 0.481 e. The van der Waals surface area contributed by atoms with Crippen LogP contribution in [0.15, 0.2) is 0 Å². The minimum atomic E-state index is -0.857. The Bertz CT molecular complexity index is 251. The quantitative estimate of drug-likeness (QED) is 0.754. The van der Waals surface area contributed by atoms with E-state index >= 15 is 0 Å². The van der Waals surface area contributed by atoms with E-state index in [1.165, 1.54) is 0 Å². The zero-order valence-corrected chi connectivity index (χ0v) is 9.27. The smallest absolute Gasteiger partial charge is 0.320 e. The Balaban J connectivity index is 2.47. The van der Waals surface area contributed by atoms with Gasteiger partial charge in [-0.2, -0.15) is 0 Å². The van der Waals surface area contributed by atoms with Crippen molar-refractivity contribution >= 4 is 12.0 Å². The van der Waals surface area contributed by atoms with Crippen molar-refractivity contribution in [3.05, 3.63) is 0 Å². The zero-order valence-electron chi connectivity index (χ0n) is 9.27. The van der Waals surface area contributed by atoms with Gasteiger partial charge in [-0.15, -0.1) is 0 Å². The summed E-state index contributed by atoms with van der Waals surface area (Å²) in [5.41, 5.74) is 0.